The van der Waals surface area contributed by atoms with E-state index in [2.05, 4.69) is 11.4 Å². The summed E-state index contributed by atoms with van der Waals surface area (Å²) < 4.78 is 0. The number of nitrogens with zero attached hydrogens (tertiary/aromatic N) is 1. The van der Waals surface area contributed by atoms with Crippen molar-refractivity contribution in [1.29, 1.82) is 0 Å². The summed E-state index contributed by atoms with van der Waals surface area (Å²) in [5.74, 6) is 2.87. The maximum absolute atomic E-state index is 13.9. The molecule has 2 atom stereocenters. The van der Waals surface area contributed by atoms with Gasteiger partial charge in [0.15, 0.2) is 0 Å². The van der Waals surface area contributed by atoms with E-state index in [4.69, 9.17) is 5.73 Å². The van der Waals surface area contributed by atoms with Crippen LogP contribution in [0.25, 0.3) is 0 Å². The first-order valence-corrected chi connectivity index (χ1v) is 14.0. The molecule has 7 rings (SSSR count). The molecule has 2 aromatic carbocycles. The largest absolute Gasteiger partial charge is 0.508 e. The zero-order valence-electron chi connectivity index (χ0n) is 22.0. The van der Waals surface area contributed by atoms with E-state index in [1.54, 1.807) is 17.0 Å². The molecule has 0 saturated heterocycles. The van der Waals surface area contributed by atoms with E-state index in [0.717, 1.165) is 39.7 Å². The highest BCUT2D eigenvalue weighted by atomic mass is 16.3. The SMILES string of the molecule is Cc1cc(O)cc(C)c1C[C@H](N)C(=O)N1Cc2ccccc2C[C@H]1C(=O)NC1C2CC3CC(C2)CC1C3. The lowest BCUT2D eigenvalue weighted by Gasteiger charge is -2.54. The molecule has 196 valence electrons. The number of fused-ring (bicyclic) bond motifs is 1. The van der Waals surface area contributed by atoms with Crippen molar-refractivity contribution in [1.82, 2.24) is 10.2 Å². The van der Waals surface area contributed by atoms with Crippen molar-refractivity contribution in [2.24, 2.45) is 29.4 Å². The summed E-state index contributed by atoms with van der Waals surface area (Å²) in [5, 5.41) is 13.4. The fourth-order valence-electron chi connectivity index (χ4n) is 8.22. The summed E-state index contributed by atoms with van der Waals surface area (Å²) in [7, 11) is 0. The normalized spacial score (nSPS) is 30.6. The minimum absolute atomic E-state index is 0.0236. The number of rotatable bonds is 5. The third-order valence-corrected chi connectivity index (χ3v) is 9.79. The number of benzene rings is 2. The molecule has 0 aromatic heterocycles. The molecule has 1 heterocycles. The summed E-state index contributed by atoms with van der Waals surface area (Å²) in [6, 6.07) is 10.5. The van der Waals surface area contributed by atoms with Gasteiger partial charge in [0.25, 0.3) is 0 Å². The van der Waals surface area contributed by atoms with Gasteiger partial charge < -0.3 is 21.1 Å². The Kier molecular flexibility index (Phi) is 6.26. The van der Waals surface area contributed by atoms with Crippen LogP contribution in [-0.4, -0.2) is 39.9 Å². The first-order chi connectivity index (χ1) is 17.8. The van der Waals surface area contributed by atoms with Crippen LogP contribution in [0.15, 0.2) is 36.4 Å². The monoisotopic (exact) mass is 501 g/mol. The van der Waals surface area contributed by atoms with Crippen LogP contribution in [0.4, 0.5) is 0 Å². The number of carbonyl (C=O) groups is 2. The molecule has 4 bridgehead atoms. The number of nitrogens with two attached hydrogens (primary N) is 1. The summed E-state index contributed by atoms with van der Waals surface area (Å²) >= 11 is 0. The van der Waals surface area contributed by atoms with Crippen molar-refractivity contribution in [3.8, 4) is 5.75 Å². The Morgan fingerprint density at radius 1 is 1.00 bits per heavy atom. The summed E-state index contributed by atoms with van der Waals surface area (Å²) in [6.07, 6.45) is 7.24. The third kappa shape index (κ3) is 4.54. The molecule has 6 nitrogen and oxygen atoms in total. The molecular weight excluding hydrogens is 462 g/mol. The molecule has 1 aliphatic heterocycles. The Bertz CT molecular complexity index is 1170. The topological polar surface area (TPSA) is 95.7 Å². The number of phenols is 1. The van der Waals surface area contributed by atoms with Crippen molar-refractivity contribution >= 4 is 11.8 Å². The van der Waals surface area contributed by atoms with Gasteiger partial charge in [-0.25, -0.2) is 0 Å². The van der Waals surface area contributed by atoms with Crippen molar-refractivity contribution in [2.75, 3.05) is 0 Å². The Hall–Kier alpha value is -2.86. The van der Waals surface area contributed by atoms with Gasteiger partial charge in [-0.1, -0.05) is 24.3 Å². The van der Waals surface area contributed by atoms with Crippen molar-refractivity contribution in [3.05, 3.63) is 64.2 Å². The van der Waals surface area contributed by atoms with E-state index in [1.807, 2.05) is 32.0 Å². The second-order valence-corrected chi connectivity index (χ2v) is 12.3. The molecule has 6 heteroatoms. The first kappa shape index (κ1) is 24.5. The maximum Gasteiger partial charge on any atom is 0.243 e. The van der Waals surface area contributed by atoms with Crippen LogP contribution in [0.2, 0.25) is 0 Å². The van der Waals surface area contributed by atoms with Crippen molar-refractivity contribution < 1.29 is 14.7 Å². The number of hydrogen-bond donors (Lipinski definition) is 3. The van der Waals surface area contributed by atoms with Crippen LogP contribution in [0.1, 0.15) is 59.9 Å². The molecule has 0 unspecified atom stereocenters. The summed E-state index contributed by atoms with van der Waals surface area (Å²) in [4.78, 5) is 29.4. The highest BCUT2D eigenvalue weighted by Crippen LogP contribution is 2.53. The fourth-order valence-corrected chi connectivity index (χ4v) is 8.22. The molecule has 5 aliphatic rings. The van der Waals surface area contributed by atoms with Crippen LogP contribution in [0, 0.1) is 37.5 Å². The number of nitrogens with one attached hydrogen (secondary N) is 1. The van der Waals surface area contributed by atoms with Gasteiger partial charge in [-0.2, -0.15) is 0 Å². The second kappa shape index (κ2) is 9.46. The standard InChI is InChI=1S/C31H39N3O3/c1-17-7-25(35)8-18(2)26(17)15-27(32)31(37)34-16-22-6-4-3-5-21(22)14-28(34)30(36)33-29-23-10-19-9-20(12-23)13-24(29)11-19/h3-8,19-20,23-24,27-29,35H,9-16,32H2,1-2H3,(H,33,36)/t19?,20?,23?,24?,27-,28-,29?/m0/s1. The van der Waals surface area contributed by atoms with Crippen LogP contribution in [-0.2, 0) is 29.0 Å². The smallest absolute Gasteiger partial charge is 0.243 e. The lowest BCUT2D eigenvalue weighted by molar-refractivity contribution is -0.144. The number of aromatic hydroxyl groups is 1. The number of phenolic OH excluding ortho intramolecular Hbond substituents is 1. The predicted molar refractivity (Wildman–Crippen MR) is 143 cm³/mol. The van der Waals surface area contributed by atoms with Crippen LogP contribution < -0.4 is 11.1 Å². The van der Waals surface area contributed by atoms with Gasteiger partial charge >= 0.3 is 0 Å². The van der Waals surface area contributed by atoms with E-state index in [0.29, 0.717) is 31.2 Å². The zero-order valence-corrected chi connectivity index (χ0v) is 22.0. The Morgan fingerprint density at radius 3 is 2.22 bits per heavy atom. The van der Waals surface area contributed by atoms with Gasteiger partial charge in [0.1, 0.15) is 11.8 Å². The van der Waals surface area contributed by atoms with Crippen LogP contribution >= 0.6 is 0 Å². The molecule has 4 saturated carbocycles. The van der Waals surface area contributed by atoms with Crippen LogP contribution in [0.3, 0.4) is 0 Å². The molecule has 4 N–H and O–H groups in total. The minimum Gasteiger partial charge on any atom is -0.508 e. The summed E-state index contributed by atoms with van der Waals surface area (Å²) in [5.41, 5.74) is 11.6. The molecule has 4 aliphatic carbocycles. The number of aryl methyl sites for hydroxylation is 2. The van der Waals surface area contributed by atoms with E-state index >= 15 is 0 Å². The minimum atomic E-state index is -0.760. The van der Waals surface area contributed by atoms with E-state index < -0.39 is 12.1 Å². The molecule has 2 amide bonds. The summed E-state index contributed by atoms with van der Waals surface area (Å²) in [6.45, 7) is 4.26. The Labute approximate surface area is 219 Å². The fraction of sp³-hybridized carbons (Fsp3) is 0.548. The zero-order chi connectivity index (χ0) is 25.8. The highest BCUT2D eigenvalue weighted by Gasteiger charge is 2.49. The third-order valence-electron chi connectivity index (χ3n) is 9.79. The van der Waals surface area contributed by atoms with Gasteiger partial charge in [0, 0.05) is 19.0 Å². The predicted octanol–water partition coefficient (Wildman–Crippen LogP) is 3.77. The molecule has 2 aromatic rings. The van der Waals surface area contributed by atoms with Gasteiger partial charge in [0.05, 0.1) is 6.04 Å². The highest BCUT2D eigenvalue weighted by molar-refractivity contribution is 5.91. The van der Waals surface area contributed by atoms with Gasteiger partial charge in [-0.05, 0) is 116 Å². The van der Waals surface area contributed by atoms with Crippen molar-refractivity contribution in [2.45, 2.75) is 83.5 Å². The Balaban J connectivity index is 1.23. The number of amides is 2. The maximum atomic E-state index is 13.9. The van der Waals surface area contributed by atoms with E-state index in [-0.39, 0.29) is 23.6 Å². The molecule has 4 fully saturated rings. The number of carbonyl (C=O) groups excluding carboxylic acids is 2. The Morgan fingerprint density at radius 2 is 1.59 bits per heavy atom. The van der Waals surface area contributed by atoms with Crippen molar-refractivity contribution in [3.63, 3.8) is 0 Å². The first-order valence-electron chi connectivity index (χ1n) is 14.0. The van der Waals surface area contributed by atoms with Gasteiger partial charge in [-0.3, -0.25) is 9.59 Å². The number of hydrogen-bond acceptors (Lipinski definition) is 4. The average molecular weight is 502 g/mol. The van der Waals surface area contributed by atoms with E-state index in [1.165, 1.54) is 32.1 Å². The lowest BCUT2D eigenvalue weighted by Crippen LogP contribution is -2.61. The molecule has 37 heavy (non-hydrogen) atoms. The average Bonchev–Trinajstić information content (AvgIpc) is 2.86. The molecule has 0 radical (unpaired) electrons. The quantitative estimate of drug-likeness (QED) is 0.581. The molecular formula is C31H39N3O3. The molecule has 0 spiro atoms. The lowest BCUT2D eigenvalue weighted by atomic mass is 9.54. The van der Waals surface area contributed by atoms with Gasteiger partial charge in [-0.15, -0.1) is 0 Å². The van der Waals surface area contributed by atoms with Crippen LogP contribution in [0.5, 0.6) is 5.75 Å². The van der Waals surface area contributed by atoms with E-state index in [9.17, 15) is 14.7 Å². The second-order valence-electron chi connectivity index (χ2n) is 12.3. The van der Waals surface area contributed by atoms with Gasteiger partial charge in [0.2, 0.25) is 11.8 Å².